The molecule has 6 heteroatoms. The fourth-order valence-electron chi connectivity index (χ4n) is 2.21. The second-order valence-electron chi connectivity index (χ2n) is 4.96. The summed E-state index contributed by atoms with van der Waals surface area (Å²) >= 11 is 0. The molecule has 0 aliphatic carbocycles. The SMILES string of the molecule is Cc1ccn2c(C(=O)N/N=C\c3ccncc3)c(C)nc2c1. The van der Waals surface area contributed by atoms with Gasteiger partial charge in [-0.3, -0.25) is 14.2 Å². The van der Waals surface area contributed by atoms with Gasteiger partial charge < -0.3 is 0 Å². The molecule has 22 heavy (non-hydrogen) atoms. The minimum atomic E-state index is -0.292. The summed E-state index contributed by atoms with van der Waals surface area (Å²) in [6.07, 6.45) is 6.74. The Morgan fingerprint density at radius 1 is 1.27 bits per heavy atom. The lowest BCUT2D eigenvalue weighted by molar-refractivity contribution is 0.0948. The Bertz CT molecular complexity index is 852. The van der Waals surface area contributed by atoms with Gasteiger partial charge in [0.25, 0.3) is 5.91 Å². The van der Waals surface area contributed by atoms with Crippen molar-refractivity contribution in [2.24, 2.45) is 5.10 Å². The molecule has 110 valence electrons. The Morgan fingerprint density at radius 2 is 2.05 bits per heavy atom. The summed E-state index contributed by atoms with van der Waals surface area (Å²) < 4.78 is 1.76. The quantitative estimate of drug-likeness (QED) is 0.594. The molecule has 1 amide bonds. The van der Waals surface area contributed by atoms with E-state index in [1.165, 1.54) is 0 Å². The molecule has 3 aromatic heterocycles. The van der Waals surface area contributed by atoms with Gasteiger partial charge in [-0.15, -0.1) is 0 Å². The average molecular weight is 293 g/mol. The van der Waals surface area contributed by atoms with Crippen molar-refractivity contribution in [3.05, 3.63) is 65.4 Å². The molecule has 3 rings (SSSR count). The standard InChI is InChI=1S/C16H15N5O/c1-11-5-8-21-14(9-11)19-12(2)15(21)16(22)20-18-10-13-3-6-17-7-4-13/h3-10H,1-2H3,(H,20,22)/b18-10-. The van der Waals surface area contributed by atoms with Crippen molar-refractivity contribution in [3.63, 3.8) is 0 Å². The molecule has 0 saturated carbocycles. The smallest absolute Gasteiger partial charge is 0.290 e. The zero-order valence-electron chi connectivity index (χ0n) is 12.3. The normalized spacial score (nSPS) is 11.2. The van der Waals surface area contributed by atoms with E-state index in [9.17, 15) is 4.79 Å². The van der Waals surface area contributed by atoms with Crippen LogP contribution in [-0.4, -0.2) is 26.5 Å². The number of aryl methyl sites for hydroxylation is 2. The number of nitrogens with zero attached hydrogens (tertiary/aromatic N) is 4. The van der Waals surface area contributed by atoms with Gasteiger partial charge in [-0.05, 0) is 49.2 Å². The first kappa shape index (κ1) is 13.9. The summed E-state index contributed by atoms with van der Waals surface area (Å²) in [7, 11) is 0. The molecule has 0 atom stereocenters. The third-order valence-corrected chi connectivity index (χ3v) is 3.26. The lowest BCUT2D eigenvalue weighted by Gasteiger charge is -2.02. The zero-order chi connectivity index (χ0) is 15.5. The van der Waals surface area contributed by atoms with Crippen molar-refractivity contribution in [2.45, 2.75) is 13.8 Å². The number of imidazole rings is 1. The van der Waals surface area contributed by atoms with Crippen LogP contribution < -0.4 is 5.43 Å². The van der Waals surface area contributed by atoms with E-state index in [0.29, 0.717) is 11.4 Å². The predicted octanol–water partition coefficient (Wildman–Crippen LogP) is 2.11. The van der Waals surface area contributed by atoms with Crippen LogP contribution in [0.1, 0.15) is 27.3 Å². The monoisotopic (exact) mass is 293 g/mol. The number of fused-ring (bicyclic) bond motifs is 1. The fraction of sp³-hybridized carbons (Fsp3) is 0.125. The number of hydrazone groups is 1. The van der Waals surface area contributed by atoms with E-state index in [4.69, 9.17) is 0 Å². The molecular weight excluding hydrogens is 278 g/mol. The Labute approximate surface area is 127 Å². The predicted molar refractivity (Wildman–Crippen MR) is 84.0 cm³/mol. The first-order chi connectivity index (χ1) is 10.6. The highest BCUT2D eigenvalue weighted by molar-refractivity contribution is 5.95. The van der Waals surface area contributed by atoms with Crippen molar-refractivity contribution in [3.8, 4) is 0 Å². The lowest BCUT2D eigenvalue weighted by atomic mass is 10.3. The summed E-state index contributed by atoms with van der Waals surface area (Å²) in [6, 6.07) is 7.48. The maximum absolute atomic E-state index is 12.3. The zero-order valence-corrected chi connectivity index (χ0v) is 12.3. The van der Waals surface area contributed by atoms with E-state index < -0.39 is 0 Å². The summed E-state index contributed by atoms with van der Waals surface area (Å²) in [6.45, 7) is 3.80. The number of pyridine rings is 2. The summed E-state index contributed by atoms with van der Waals surface area (Å²) in [4.78, 5) is 20.6. The van der Waals surface area contributed by atoms with E-state index in [-0.39, 0.29) is 5.91 Å². The van der Waals surface area contributed by atoms with Crippen LogP contribution in [0, 0.1) is 13.8 Å². The molecule has 6 nitrogen and oxygen atoms in total. The second kappa shape index (κ2) is 5.77. The van der Waals surface area contributed by atoms with Gasteiger partial charge >= 0.3 is 0 Å². The molecule has 3 heterocycles. The van der Waals surface area contributed by atoms with Crippen LogP contribution in [0.15, 0.2) is 48.0 Å². The van der Waals surface area contributed by atoms with Crippen molar-refractivity contribution >= 4 is 17.8 Å². The molecule has 0 aliphatic rings. The van der Waals surface area contributed by atoms with E-state index in [1.807, 2.05) is 32.2 Å². The van der Waals surface area contributed by atoms with Gasteiger partial charge in [0, 0.05) is 18.6 Å². The number of nitrogens with one attached hydrogen (secondary N) is 1. The molecule has 0 aliphatic heterocycles. The molecular formula is C16H15N5O. The molecule has 3 aromatic rings. The summed E-state index contributed by atoms with van der Waals surface area (Å²) in [5.41, 5.74) is 6.40. The number of carbonyl (C=O) groups excluding carboxylic acids is 1. The van der Waals surface area contributed by atoms with Gasteiger partial charge in [0.2, 0.25) is 0 Å². The third kappa shape index (κ3) is 2.71. The van der Waals surface area contributed by atoms with Crippen LogP contribution in [-0.2, 0) is 0 Å². The van der Waals surface area contributed by atoms with Crippen molar-refractivity contribution < 1.29 is 4.79 Å². The van der Waals surface area contributed by atoms with Gasteiger partial charge in [0.05, 0.1) is 11.9 Å². The van der Waals surface area contributed by atoms with E-state index in [2.05, 4.69) is 20.5 Å². The van der Waals surface area contributed by atoms with E-state index >= 15 is 0 Å². The van der Waals surface area contributed by atoms with Crippen LogP contribution in [0.5, 0.6) is 0 Å². The number of aromatic nitrogens is 3. The van der Waals surface area contributed by atoms with E-state index in [0.717, 1.165) is 16.8 Å². The van der Waals surface area contributed by atoms with Crippen LogP contribution in [0.3, 0.4) is 0 Å². The topological polar surface area (TPSA) is 71.7 Å². The lowest BCUT2D eigenvalue weighted by Crippen LogP contribution is -2.20. The summed E-state index contributed by atoms with van der Waals surface area (Å²) in [5, 5.41) is 3.97. The number of hydrogen-bond acceptors (Lipinski definition) is 4. The highest BCUT2D eigenvalue weighted by atomic mass is 16.2. The Morgan fingerprint density at radius 3 is 2.82 bits per heavy atom. The molecule has 0 spiro atoms. The fourth-order valence-corrected chi connectivity index (χ4v) is 2.21. The highest BCUT2D eigenvalue weighted by Crippen LogP contribution is 2.13. The number of rotatable bonds is 3. The summed E-state index contributed by atoms with van der Waals surface area (Å²) in [5.74, 6) is -0.292. The molecule has 0 aromatic carbocycles. The second-order valence-corrected chi connectivity index (χ2v) is 4.96. The van der Waals surface area contributed by atoms with Crippen LogP contribution in [0.25, 0.3) is 5.65 Å². The number of amides is 1. The molecule has 0 radical (unpaired) electrons. The Hall–Kier alpha value is -3.02. The van der Waals surface area contributed by atoms with Gasteiger partial charge in [0.15, 0.2) is 0 Å². The van der Waals surface area contributed by atoms with Crippen LogP contribution in [0.2, 0.25) is 0 Å². The largest absolute Gasteiger partial charge is 0.295 e. The van der Waals surface area contributed by atoms with Crippen LogP contribution >= 0.6 is 0 Å². The van der Waals surface area contributed by atoms with Gasteiger partial charge in [-0.2, -0.15) is 5.10 Å². The first-order valence-corrected chi connectivity index (χ1v) is 6.84. The number of carbonyl (C=O) groups is 1. The third-order valence-electron chi connectivity index (χ3n) is 3.26. The molecule has 1 N–H and O–H groups in total. The van der Waals surface area contributed by atoms with Gasteiger partial charge in [-0.25, -0.2) is 10.4 Å². The average Bonchev–Trinajstić information content (AvgIpc) is 2.83. The van der Waals surface area contributed by atoms with Gasteiger partial charge in [-0.1, -0.05) is 0 Å². The Kier molecular flexibility index (Phi) is 3.65. The molecule has 0 saturated heterocycles. The number of hydrogen-bond donors (Lipinski definition) is 1. The van der Waals surface area contributed by atoms with Gasteiger partial charge in [0.1, 0.15) is 11.3 Å². The maximum Gasteiger partial charge on any atom is 0.290 e. The Balaban J connectivity index is 1.83. The maximum atomic E-state index is 12.3. The molecule has 0 bridgehead atoms. The first-order valence-electron chi connectivity index (χ1n) is 6.84. The van der Waals surface area contributed by atoms with E-state index in [1.54, 1.807) is 35.1 Å². The van der Waals surface area contributed by atoms with Crippen molar-refractivity contribution in [2.75, 3.05) is 0 Å². The van der Waals surface area contributed by atoms with Crippen molar-refractivity contribution in [1.29, 1.82) is 0 Å². The minimum Gasteiger partial charge on any atom is -0.295 e. The van der Waals surface area contributed by atoms with Crippen LogP contribution in [0.4, 0.5) is 0 Å². The highest BCUT2D eigenvalue weighted by Gasteiger charge is 2.15. The molecule has 0 unspecified atom stereocenters. The molecule has 0 fully saturated rings. The minimum absolute atomic E-state index is 0.292. The van der Waals surface area contributed by atoms with Crippen molar-refractivity contribution in [1.82, 2.24) is 19.8 Å².